The fourth-order valence-electron chi connectivity index (χ4n) is 2.64. The molecule has 4 nitrogen and oxygen atoms in total. The third kappa shape index (κ3) is 3.28. The maximum atomic E-state index is 12.7. The number of hydrogen-bond acceptors (Lipinski definition) is 3. The summed E-state index contributed by atoms with van der Waals surface area (Å²) in [6.07, 6.45) is 0.822. The molecule has 0 amide bonds. The molecule has 2 N–H and O–H groups in total. The van der Waals surface area contributed by atoms with E-state index in [0.717, 1.165) is 6.42 Å². The normalized spacial score (nSPS) is 23.6. The van der Waals surface area contributed by atoms with Crippen molar-refractivity contribution >= 4 is 34.0 Å². The van der Waals surface area contributed by atoms with Crippen molar-refractivity contribution in [1.82, 2.24) is 4.31 Å². The van der Waals surface area contributed by atoms with Crippen LogP contribution in [0.15, 0.2) is 23.1 Å². The zero-order valence-corrected chi connectivity index (χ0v) is 13.9. The monoisotopic (exact) mass is 338 g/mol. The van der Waals surface area contributed by atoms with E-state index in [1.54, 1.807) is 29.4 Å². The van der Waals surface area contributed by atoms with Gasteiger partial charge in [0.05, 0.1) is 4.90 Å². The van der Waals surface area contributed by atoms with Crippen molar-refractivity contribution in [3.05, 3.63) is 28.8 Å². The van der Waals surface area contributed by atoms with Crippen molar-refractivity contribution in [3.8, 4) is 0 Å². The SMILES string of the molecule is Cc1cc(Cl)ccc1S(=O)(=O)N1CC(CN)CC1C.Cl. The molecule has 1 aliphatic rings. The molecule has 7 heteroatoms. The molecule has 2 rings (SSSR count). The molecule has 1 aliphatic heterocycles. The first-order chi connectivity index (χ1) is 8.86. The first-order valence-electron chi connectivity index (χ1n) is 6.34. The van der Waals surface area contributed by atoms with Crippen molar-refractivity contribution in [1.29, 1.82) is 0 Å². The van der Waals surface area contributed by atoms with Crippen molar-refractivity contribution in [2.24, 2.45) is 11.7 Å². The molecular formula is C13H20Cl2N2O2S. The van der Waals surface area contributed by atoms with Crippen LogP contribution in [0.2, 0.25) is 5.02 Å². The topological polar surface area (TPSA) is 63.4 Å². The summed E-state index contributed by atoms with van der Waals surface area (Å²) in [6, 6.07) is 4.86. The largest absolute Gasteiger partial charge is 0.330 e. The number of benzene rings is 1. The standard InChI is InChI=1S/C13H19ClN2O2S.ClH/c1-9-5-12(14)3-4-13(9)19(17,18)16-8-11(7-15)6-10(16)2;/h3-5,10-11H,6-8,15H2,1-2H3;1H. The molecule has 2 atom stereocenters. The third-order valence-electron chi connectivity index (χ3n) is 3.66. The minimum absolute atomic E-state index is 0. The highest BCUT2D eigenvalue weighted by molar-refractivity contribution is 7.89. The number of halogens is 2. The van der Waals surface area contributed by atoms with Gasteiger partial charge in [0.25, 0.3) is 0 Å². The van der Waals surface area contributed by atoms with Crippen molar-refractivity contribution in [3.63, 3.8) is 0 Å². The molecule has 0 aliphatic carbocycles. The van der Waals surface area contributed by atoms with Gasteiger partial charge in [0.2, 0.25) is 10.0 Å². The van der Waals surface area contributed by atoms with E-state index < -0.39 is 10.0 Å². The second-order valence-electron chi connectivity index (χ2n) is 5.17. The Balaban J connectivity index is 0.00000200. The van der Waals surface area contributed by atoms with E-state index >= 15 is 0 Å². The second-order valence-corrected chi connectivity index (χ2v) is 7.47. The van der Waals surface area contributed by atoms with Gasteiger partial charge in [-0.2, -0.15) is 4.31 Å². The molecule has 1 heterocycles. The lowest BCUT2D eigenvalue weighted by atomic mass is 10.1. The minimum atomic E-state index is -3.46. The van der Waals surface area contributed by atoms with Gasteiger partial charge in [-0.15, -0.1) is 12.4 Å². The maximum absolute atomic E-state index is 12.7. The molecule has 1 aromatic carbocycles. The Hall–Kier alpha value is -0.330. The van der Waals surface area contributed by atoms with E-state index in [4.69, 9.17) is 17.3 Å². The number of hydrogen-bond donors (Lipinski definition) is 1. The first kappa shape index (κ1) is 17.7. The first-order valence-corrected chi connectivity index (χ1v) is 8.16. The lowest BCUT2D eigenvalue weighted by Crippen LogP contribution is -2.34. The van der Waals surface area contributed by atoms with E-state index in [0.29, 0.717) is 28.6 Å². The number of aryl methyl sites for hydroxylation is 1. The lowest BCUT2D eigenvalue weighted by Gasteiger charge is -2.22. The highest BCUT2D eigenvalue weighted by Crippen LogP contribution is 2.30. The average Bonchev–Trinajstić information content (AvgIpc) is 2.70. The number of rotatable bonds is 3. The summed E-state index contributed by atoms with van der Waals surface area (Å²) in [5, 5.41) is 0.547. The van der Waals surface area contributed by atoms with E-state index in [1.807, 2.05) is 6.92 Å². The molecule has 0 aromatic heterocycles. The molecule has 0 spiro atoms. The number of nitrogens with two attached hydrogens (primary N) is 1. The summed E-state index contributed by atoms with van der Waals surface area (Å²) < 4.78 is 26.9. The summed E-state index contributed by atoms with van der Waals surface area (Å²) in [6.45, 7) is 4.72. The molecule has 1 aromatic rings. The van der Waals surface area contributed by atoms with Gasteiger partial charge in [0, 0.05) is 17.6 Å². The van der Waals surface area contributed by atoms with Gasteiger partial charge in [-0.25, -0.2) is 8.42 Å². The molecule has 1 saturated heterocycles. The summed E-state index contributed by atoms with van der Waals surface area (Å²) in [5.41, 5.74) is 6.33. The molecular weight excluding hydrogens is 319 g/mol. The van der Waals surface area contributed by atoms with Gasteiger partial charge in [-0.1, -0.05) is 11.6 Å². The Bertz CT molecular complexity index is 578. The van der Waals surface area contributed by atoms with Crippen molar-refractivity contribution in [2.45, 2.75) is 31.2 Å². The van der Waals surface area contributed by atoms with Gasteiger partial charge in [0.15, 0.2) is 0 Å². The van der Waals surface area contributed by atoms with Gasteiger partial charge in [-0.3, -0.25) is 0 Å². The molecule has 0 saturated carbocycles. The van der Waals surface area contributed by atoms with Crippen LogP contribution in [0.3, 0.4) is 0 Å². The predicted octanol–water partition coefficient (Wildman–Crippen LogP) is 2.43. The quantitative estimate of drug-likeness (QED) is 0.920. The lowest BCUT2D eigenvalue weighted by molar-refractivity contribution is 0.404. The molecule has 114 valence electrons. The van der Waals surface area contributed by atoms with E-state index in [2.05, 4.69) is 0 Å². The van der Waals surface area contributed by atoms with Gasteiger partial charge in [0.1, 0.15) is 0 Å². The van der Waals surface area contributed by atoms with Gasteiger partial charge < -0.3 is 5.73 Å². The molecule has 20 heavy (non-hydrogen) atoms. The Kier molecular flexibility index (Phi) is 5.87. The van der Waals surface area contributed by atoms with Crippen LogP contribution >= 0.6 is 24.0 Å². The minimum Gasteiger partial charge on any atom is -0.330 e. The highest BCUT2D eigenvalue weighted by Gasteiger charge is 2.37. The third-order valence-corrected chi connectivity index (χ3v) is 6.04. The molecule has 0 bridgehead atoms. The van der Waals surface area contributed by atoms with Crippen LogP contribution in [0.1, 0.15) is 18.9 Å². The van der Waals surface area contributed by atoms with E-state index in [9.17, 15) is 8.42 Å². The van der Waals surface area contributed by atoms with Crippen molar-refractivity contribution < 1.29 is 8.42 Å². The number of nitrogens with zero attached hydrogens (tertiary/aromatic N) is 1. The predicted molar refractivity (Wildman–Crippen MR) is 84.0 cm³/mol. The zero-order valence-electron chi connectivity index (χ0n) is 11.5. The Labute approximate surface area is 131 Å². The van der Waals surface area contributed by atoms with Gasteiger partial charge in [-0.05, 0) is 56.5 Å². The Morgan fingerprint density at radius 2 is 2.10 bits per heavy atom. The van der Waals surface area contributed by atoms with Crippen LogP contribution in [0.25, 0.3) is 0 Å². The second kappa shape index (κ2) is 6.62. The summed E-state index contributed by atoms with van der Waals surface area (Å²) in [5.74, 6) is 0.248. The summed E-state index contributed by atoms with van der Waals surface area (Å²) >= 11 is 5.88. The molecule has 1 fully saturated rings. The van der Waals surface area contributed by atoms with Crippen LogP contribution < -0.4 is 5.73 Å². The Morgan fingerprint density at radius 3 is 2.60 bits per heavy atom. The zero-order chi connectivity index (χ0) is 14.2. The van der Waals surface area contributed by atoms with Crippen LogP contribution in [0.4, 0.5) is 0 Å². The average molecular weight is 339 g/mol. The molecule has 0 radical (unpaired) electrons. The number of sulfonamides is 1. The summed E-state index contributed by atoms with van der Waals surface area (Å²) in [7, 11) is -3.46. The van der Waals surface area contributed by atoms with Gasteiger partial charge >= 0.3 is 0 Å². The fourth-order valence-corrected chi connectivity index (χ4v) is 4.80. The fraction of sp³-hybridized carbons (Fsp3) is 0.538. The van der Waals surface area contributed by atoms with Crippen LogP contribution in [-0.2, 0) is 10.0 Å². The summed E-state index contributed by atoms with van der Waals surface area (Å²) in [4.78, 5) is 0.335. The molecule has 2 unspecified atom stereocenters. The van der Waals surface area contributed by atoms with Crippen LogP contribution in [0.5, 0.6) is 0 Å². The van der Waals surface area contributed by atoms with E-state index in [-0.39, 0.29) is 24.4 Å². The smallest absolute Gasteiger partial charge is 0.243 e. The van der Waals surface area contributed by atoms with Crippen LogP contribution in [-0.4, -0.2) is 31.9 Å². The van der Waals surface area contributed by atoms with E-state index in [1.165, 1.54) is 0 Å². The van der Waals surface area contributed by atoms with Crippen molar-refractivity contribution in [2.75, 3.05) is 13.1 Å². The Morgan fingerprint density at radius 1 is 1.45 bits per heavy atom. The maximum Gasteiger partial charge on any atom is 0.243 e. The van der Waals surface area contributed by atoms with Crippen LogP contribution in [0, 0.1) is 12.8 Å². The highest BCUT2D eigenvalue weighted by atomic mass is 35.5.